The summed E-state index contributed by atoms with van der Waals surface area (Å²) < 4.78 is 46.9. The number of hydrogen-bond acceptors (Lipinski definition) is 9. The van der Waals surface area contributed by atoms with Gasteiger partial charge >= 0.3 is 11.9 Å². The van der Waals surface area contributed by atoms with Gasteiger partial charge in [-0.15, -0.1) is 0 Å². The largest absolute Gasteiger partial charge is 0.494 e. The predicted molar refractivity (Wildman–Crippen MR) is 145 cm³/mol. The molecule has 1 unspecified atom stereocenters. The molecule has 212 valence electrons. The number of aromatic carboxylic acids is 1. The van der Waals surface area contributed by atoms with Crippen molar-refractivity contribution in [3.8, 4) is 17.0 Å². The Morgan fingerprint density at radius 2 is 1.80 bits per heavy atom. The van der Waals surface area contributed by atoms with Crippen LogP contribution in [0.1, 0.15) is 70.9 Å². The van der Waals surface area contributed by atoms with Crippen LogP contribution in [0.3, 0.4) is 0 Å². The molecule has 2 saturated heterocycles. The number of anilines is 1. The Balaban J connectivity index is 1.14. The molecule has 0 spiro atoms. The van der Waals surface area contributed by atoms with E-state index in [9.17, 15) is 23.5 Å². The molecule has 4 heterocycles. The lowest BCUT2D eigenvalue weighted by Crippen LogP contribution is -2.46. The number of halogens is 2. The Hall–Kier alpha value is -4.06. The van der Waals surface area contributed by atoms with Crippen molar-refractivity contribution in [3.05, 3.63) is 58.9 Å². The van der Waals surface area contributed by atoms with Crippen LogP contribution in [-0.2, 0) is 4.74 Å². The average Bonchev–Trinajstić information content (AvgIpc) is 3.44. The minimum Gasteiger partial charge on any atom is -0.494 e. The number of carbonyl (C=O) groups excluding carboxylic acids is 1. The minimum absolute atomic E-state index is 0.00113. The number of carboxylic acids is 1. The number of hydrogen-bond donors (Lipinski definition) is 1. The van der Waals surface area contributed by atoms with Crippen molar-refractivity contribution in [1.82, 2.24) is 10.1 Å². The zero-order valence-electron chi connectivity index (χ0n) is 21.9. The molecule has 9 nitrogen and oxygen atoms in total. The van der Waals surface area contributed by atoms with Crippen molar-refractivity contribution in [2.24, 2.45) is 0 Å². The molecule has 2 aromatic carbocycles. The van der Waals surface area contributed by atoms with E-state index < -0.39 is 35.2 Å². The normalized spacial score (nSPS) is 21.8. The Morgan fingerprint density at radius 3 is 2.44 bits per heavy atom. The van der Waals surface area contributed by atoms with E-state index in [1.165, 1.54) is 30.6 Å². The van der Waals surface area contributed by atoms with Gasteiger partial charge in [0.25, 0.3) is 0 Å². The van der Waals surface area contributed by atoms with Crippen LogP contribution < -0.4 is 9.64 Å². The van der Waals surface area contributed by atoms with Gasteiger partial charge in [0.1, 0.15) is 40.3 Å². The smallest absolute Gasteiger partial charge is 0.344 e. The molecule has 3 fully saturated rings. The number of rotatable bonds is 7. The Kier molecular flexibility index (Phi) is 6.18. The van der Waals surface area contributed by atoms with Crippen LogP contribution in [0.2, 0.25) is 0 Å². The Bertz CT molecular complexity index is 1660. The summed E-state index contributed by atoms with van der Waals surface area (Å²) in [6.45, 7) is 0. The number of carbonyl (C=O) groups is 2. The molecule has 1 aliphatic carbocycles. The molecule has 0 amide bonds. The van der Waals surface area contributed by atoms with Gasteiger partial charge < -0.3 is 24.0 Å². The highest BCUT2D eigenvalue weighted by Gasteiger charge is 2.45. The fourth-order valence-electron chi connectivity index (χ4n) is 6.14. The van der Waals surface area contributed by atoms with Gasteiger partial charge in [0.05, 0.1) is 22.9 Å². The van der Waals surface area contributed by atoms with Gasteiger partial charge in [-0.1, -0.05) is 22.6 Å². The first kappa shape index (κ1) is 25.9. The molecule has 1 saturated carbocycles. The summed E-state index contributed by atoms with van der Waals surface area (Å²) in [7, 11) is 1.49. The molecule has 3 atom stereocenters. The number of nitrogens with zero attached hydrogens (tertiary/aromatic N) is 3. The molecule has 4 aromatic rings. The standard InChI is InChI=1S/C29H25F2N3O6S/c1-38-20-9-14(27(35)36)10-21-24(20)32-29(41-21)34-15-7-8-16(34)12-17(11-15)39-28(37)23-25(33-40-26(23)13-5-6-13)22-18(30)3-2-4-19(22)31/h2-4,9-10,13,15-17H,5-8,11-12H2,1H3,(H,35,36)/t15-,16+,17?. The summed E-state index contributed by atoms with van der Waals surface area (Å²) in [6.07, 6.45) is 4.10. The van der Waals surface area contributed by atoms with Crippen molar-refractivity contribution in [1.29, 1.82) is 0 Å². The summed E-state index contributed by atoms with van der Waals surface area (Å²) in [5.74, 6) is -2.69. The van der Waals surface area contributed by atoms with E-state index in [0.717, 1.165) is 47.6 Å². The lowest BCUT2D eigenvalue weighted by molar-refractivity contribution is 0.0202. The third-order valence-electron chi connectivity index (χ3n) is 8.17. The van der Waals surface area contributed by atoms with Gasteiger partial charge in [-0.05, 0) is 49.9 Å². The molecule has 7 rings (SSSR count). The fraction of sp³-hybridized carbons (Fsp3) is 0.379. The molecule has 2 aliphatic heterocycles. The summed E-state index contributed by atoms with van der Waals surface area (Å²) in [6, 6.07) is 6.68. The molecule has 1 N–H and O–H groups in total. The van der Waals surface area contributed by atoms with Gasteiger partial charge in [0.15, 0.2) is 10.9 Å². The van der Waals surface area contributed by atoms with Crippen LogP contribution in [-0.4, -0.2) is 52.5 Å². The van der Waals surface area contributed by atoms with Crippen molar-refractivity contribution < 1.29 is 37.5 Å². The third kappa shape index (κ3) is 4.41. The highest BCUT2D eigenvalue weighted by atomic mass is 32.1. The first-order chi connectivity index (χ1) is 19.8. The number of benzene rings is 2. The van der Waals surface area contributed by atoms with E-state index in [0.29, 0.717) is 29.9 Å². The highest BCUT2D eigenvalue weighted by Crippen LogP contribution is 2.47. The molecular formula is C29H25F2N3O6S. The van der Waals surface area contributed by atoms with Gasteiger partial charge in [0.2, 0.25) is 0 Å². The number of aromatic nitrogens is 2. The van der Waals surface area contributed by atoms with Crippen LogP contribution >= 0.6 is 11.3 Å². The Labute approximate surface area is 236 Å². The maximum Gasteiger partial charge on any atom is 0.344 e. The molecule has 12 heteroatoms. The summed E-state index contributed by atoms with van der Waals surface area (Å²) >= 11 is 1.41. The van der Waals surface area contributed by atoms with Gasteiger partial charge in [-0.25, -0.2) is 23.4 Å². The highest BCUT2D eigenvalue weighted by molar-refractivity contribution is 7.22. The van der Waals surface area contributed by atoms with Crippen LogP contribution in [0.15, 0.2) is 34.9 Å². The first-order valence-electron chi connectivity index (χ1n) is 13.5. The van der Waals surface area contributed by atoms with Crippen LogP contribution in [0.5, 0.6) is 5.75 Å². The van der Waals surface area contributed by atoms with E-state index in [-0.39, 0.29) is 34.8 Å². The number of esters is 1. The van der Waals surface area contributed by atoms with Gasteiger partial charge in [-0.2, -0.15) is 0 Å². The number of fused-ring (bicyclic) bond motifs is 3. The van der Waals surface area contributed by atoms with Gasteiger partial charge in [-0.3, -0.25) is 0 Å². The second-order valence-corrected chi connectivity index (χ2v) is 11.8. The number of carboxylic acid groups (broad SMARTS) is 1. The average molecular weight is 582 g/mol. The number of piperidine rings is 1. The molecule has 3 aliphatic rings. The number of ether oxygens (including phenoxy) is 2. The summed E-state index contributed by atoms with van der Waals surface area (Å²) in [5.41, 5.74) is 0.170. The topological polar surface area (TPSA) is 115 Å². The van der Waals surface area contributed by atoms with E-state index in [4.69, 9.17) is 19.0 Å². The molecule has 0 radical (unpaired) electrons. The molecule has 41 heavy (non-hydrogen) atoms. The van der Waals surface area contributed by atoms with Crippen molar-refractivity contribution in [2.75, 3.05) is 12.0 Å². The van der Waals surface area contributed by atoms with Gasteiger partial charge in [0, 0.05) is 30.8 Å². The van der Waals surface area contributed by atoms with E-state index in [2.05, 4.69) is 10.1 Å². The lowest BCUT2D eigenvalue weighted by atomic mass is 9.99. The van der Waals surface area contributed by atoms with Crippen LogP contribution in [0.4, 0.5) is 13.9 Å². The summed E-state index contributed by atoms with van der Waals surface area (Å²) in [4.78, 5) is 32.2. The second kappa shape index (κ2) is 9.79. The first-order valence-corrected chi connectivity index (χ1v) is 14.3. The van der Waals surface area contributed by atoms with Crippen molar-refractivity contribution in [2.45, 2.75) is 62.6 Å². The van der Waals surface area contributed by atoms with Crippen LogP contribution in [0, 0.1) is 11.6 Å². The maximum absolute atomic E-state index is 14.6. The minimum atomic E-state index is -1.04. The Morgan fingerprint density at radius 1 is 1.10 bits per heavy atom. The monoisotopic (exact) mass is 581 g/mol. The summed E-state index contributed by atoms with van der Waals surface area (Å²) in [5, 5.41) is 14.2. The SMILES string of the molecule is COc1cc(C(=O)O)cc2sc(N3[C@@H]4CC[C@H]3CC(OC(=O)c3c(-c5c(F)cccc5F)noc3C3CC3)C4)nc12. The zero-order chi connectivity index (χ0) is 28.4. The van der Waals surface area contributed by atoms with Crippen molar-refractivity contribution in [3.63, 3.8) is 0 Å². The van der Waals surface area contributed by atoms with E-state index in [1.54, 1.807) is 6.07 Å². The zero-order valence-corrected chi connectivity index (χ0v) is 22.7. The third-order valence-corrected chi connectivity index (χ3v) is 9.19. The van der Waals surface area contributed by atoms with E-state index in [1.807, 2.05) is 0 Å². The quantitative estimate of drug-likeness (QED) is 0.256. The molecule has 2 aromatic heterocycles. The number of methoxy groups -OCH3 is 1. The number of thiazole rings is 1. The molecular weight excluding hydrogens is 556 g/mol. The fourth-order valence-corrected chi connectivity index (χ4v) is 7.31. The van der Waals surface area contributed by atoms with Crippen molar-refractivity contribution >= 4 is 38.6 Å². The van der Waals surface area contributed by atoms with E-state index >= 15 is 0 Å². The lowest BCUT2D eigenvalue weighted by Gasteiger charge is -2.38. The predicted octanol–water partition coefficient (Wildman–Crippen LogP) is 6.17. The second-order valence-electron chi connectivity index (χ2n) is 10.8. The molecule has 2 bridgehead atoms. The van der Waals surface area contributed by atoms with Crippen LogP contribution in [0.25, 0.3) is 21.5 Å². The maximum atomic E-state index is 14.6.